The molecule has 0 radical (unpaired) electrons. The van der Waals surface area contributed by atoms with Crippen molar-refractivity contribution in [3.05, 3.63) is 83.5 Å². The van der Waals surface area contributed by atoms with Crippen LogP contribution in [0.25, 0.3) is 0 Å². The molecule has 0 aliphatic heterocycles. The van der Waals surface area contributed by atoms with Crippen LogP contribution in [0.2, 0.25) is 0 Å². The number of carbonyl (C=O) groups is 2. The van der Waals surface area contributed by atoms with Gasteiger partial charge in [0.25, 0.3) is 0 Å². The third kappa shape index (κ3) is 18.1. The maximum atomic E-state index is 12.9. The zero-order valence-corrected chi connectivity index (χ0v) is 27.6. The number of methoxy groups -OCH3 is 2. The molecule has 0 spiro atoms. The van der Waals surface area contributed by atoms with Crippen LogP contribution in [0.15, 0.2) is 72.3 Å². The maximum absolute atomic E-state index is 12.9. The number of hydrogen-bond donors (Lipinski definition) is 0. The molecule has 0 N–H and O–H groups in total. The average Bonchev–Trinajstić information content (AvgIpc) is 2.96. The first-order valence-electron chi connectivity index (χ1n) is 14.9. The minimum Gasteiger partial charge on any atom is -0.497 e. The smallest absolute Gasteiger partial charge is 0.306 e. The van der Waals surface area contributed by atoms with Gasteiger partial charge in [0, 0.05) is 12.8 Å². The number of aryl methyl sites for hydroxylation is 2. The van der Waals surface area contributed by atoms with Crippen molar-refractivity contribution in [2.75, 3.05) is 14.2 Å². The van der Waals surface area contributed by atoms with Crippen molar-refractivity contribution in [2.45, 2.75) is 104 Å². The van der Waals surface area contributed by atoms with Gasteiger partial charge in [-0.15, -0.1) is 0 Å². The fourth-order valence-corrected chi connectivity index (χ4v) is 3.97. The molecule has 2 rings (SSSR count). The minimum absolute atomic E-state index is 0.204. The van der Waals surface area contributed by atoms with E-state index in [1.54, 1.807) is 14.2 Å². The van der Waals surface area contributed by atoms with Crippen LogP contribution in [0, 0.1) is 0 Å². The molecule has 0 aliphatic rings. The molecule has 0 aromatic heterocycles. The van der Waals surface area contributed by atoms with Crippen molar-refractivity contribution in [1.29, 1.82) is 0 Å². The normalized spacial score (nSPS) is 12.1. The third-order valence-electron chi connectivity index (χ3n) is 6.24. The van der Waals surface area contributed by atoms with Crippen LogP contribution in [0.3, 0.4) is 0 Å². The van der Waals surface area contributed by atoms with E-state index in [4.69, 9.17) is 18.9 Å². The molecule has 2 aromatic rings. The first-order valence-corrected chi connectivity index (χ1v) is 14.9. The highest BCUT2D eigenvalue weighted by molar-refractivity contribution is 5.70. The topological polar surface area (TPSA) is 71.1 Å². The van der Waals surface area contributed by atoms with Gasteiger partial charge in [-0.3, -0.25) is 9.59 Å². The van der Waals surface area contributed by atoms with E-state index in [9.17, 15) is 18.4 Å². The fraction of sp³-hybridized carbons (Fsp3) is 0.500. The largest absolute Gasteiger partial charge is 0.497 e. The number of ether oxygens (including phenoxy) is 4. The molecule has 44 heavy (non-hydrogen) atoms. The van der Waals surface area contributed by atoms with Gasteiger partial charge < -0.3 is 18.9 Å². The second-order valence-corrected chi connectivity index (χ2v) is 12.4. The fourth-order valence-electron chi connectivity index (χ4n) is 3.97. The van der Waals surface area contributed by atoms with Gasteiger partial charge in [0.1, 0.15) is 22.7 Å². The summed E-state index contributed by atoms with van der Waals surface area (Å²) < 4.78 is 46.5. The van der Waals surface area contributed by atoms with Crippen LogP contribution in [-0.4, -0.2) is 37.4 Å². The van der Waals surface area contributed by atoms with Crippen LogP contribution in [0.1, 0.15) is 91.2 Å². The molecule has 244 valence electrons. The summed E-state index contributed by atoms with van der Waals surface area (Å²) in [4.78, 5) is 23.3. The number of hydrogen-bond acceptors (Lipinski definition) is 6. The Labute approximate surface area is 262 Å². The Morgan fingerprint density at radius 1 is 0.568 bits per heavy atom. The van der Waals surface area contributed by atoms with E-state index < -0.39 is 11.2 Å². The van der Waals surface area contributed by atoms with Gasteiger partial charge in [0.05, 0.1) is 26.9 Å². The Morgan fingerprint density at radius 2 is 0.886 bits per heavy atom. The van der Waals surface area contributed by atoms with Crippen LogP contribution in [-0.2, 0) is 31.9 Å². The summed E-state index contributed by atoms with van der Waals surface area (Å²) in [6.07, 6.45) is 5.04. The average molecular weight is 617 g/mol. The molecule has 0 fully saturated rings. The minimum atomic E-state index is -0.500. The highest BCUT2D eigenvalue weighted by Crippen LogP contribution is 2.20. The molecule has 0 heterocycles. The lowest BCUT2D eigenvalue weighted by Crippen LogP contribution is -2.23. The van der Waals surface area contributed by atoms with E-state index in [1.807, 2.05) is 90.1 Å². The zero-order chi connectivity index (χ0) is 33.2. The summed E-state index contributed by atoms with van der Waals surface area (Å²) in [6, 6.07) is 15.4. The van der Waals surface area contributed by atoms with Crippen LogP contribution < -0.4 is 9.47 Å². The van der Waals surface area contributed by atoms with Crippen LogP contribution in [0.4, 0.5) is 8.78 Å². The summed E-state index contributed by atoms with van der Waals surface area (Å²) in [6.45, 7) is 10.9. The van der Waals surface area contributed by atoms with Gasteiger partial charge in [0.15, 0.2) is 0 Å². The lowest BCUT2D eigenvalue weighted by molar-refractivity contribution is -0.155. The molecule has 0 saturated heterocycles. The van der Waals surface area contributed by atoms with Gasteiger partial charge in [0.2, 0.25) is 0 Å². The van der Waals surface area contributed by atoms with Crippen LogP contribution in [0.5, 0.6) is 11.5 Å². The van der Waals surface area contributed by atoms with Crippen molar-refractivity contribution >= 4 is 11.9 Å². The summed E-state index contributed by atoms with van der Waals surface area (Å²) in [7, 11) is 3.24. The second kappa shape index (κ2) is 19.6. The first kappa shape index (κ1) is 38.3. The molecule has 0 unspecified atom stereocenters. The highest BCUT2D eigenvalue weighted by Gasteiger charge is 2.17. The Hall–Kier alpha value is -3.68. The van der Waals surface area contributed by atoms with Gasteiger partial charge in [-0.2, -0.15) is 0 Å². The number of rotatable bonds is 14. The van der Waals surface area contributed by atoms with Crippen molar-refractivity contribution < 1.29 is 37.3 Å². The van der Waals surface area contributed by atoms with E-state index >= 15 is 0 Å². The zero-order valence-electron chi connectivity index (χ0n) is 27.6. The summed E-state index contributed by atoms with van der Waals surface area (Å²) in [5, 5.41) is 0. The standard InChI is InChI=1S/2C18H25FO3/c2*1-18(2,3)22-17(20)12-9-15(13-19)6-5-14-7-10-16(21-4)11-8-14/h2*7-8,10-11,13H,5-6,9,12H2,1-4H3/b15-13+;15-13-. The summed E-state index contributed by atoms with van der Waals surface area (Å²) in [5.74, 6) is 1.01. The van der Waals surface area contributed by atoms with Gasteiger partial charge >= 0.3 is 11.9 Å². The van der Waals surface area contributed by atoms with Crippen molar-refractivity contribution in [3.63, 3.8) is 0 Å². The maximum Gasteiger partial charge on any atom is 0.306 e. The molecular weight excluding hydrogens is 566 g/mol. The third-order valence-corrected chi connectivity index (χ3v) is 6.24. The number of allylic oxidation sites excluding steroid dienone is 2. The molecule has 8 heteroatoms. The molecule has 0 amide bonds. The molecular formula is C36H50F2O6. The SMILES string of the molecule is COc1ccc(CC/C(=C/F)CCC(=O)OC(C)(C)C)cc1.COc1ccc(CC/C(=C\F)CCC(=O)OC(C)(C)C)cc1. The predicted octanol–water partition coefficient (Wildman–Crippen LogP) is 9.21. The van der Waals surface area contributed by atoms with Crippen molar-refractivity contribution in [2.24, 2.45) is 0 Å². The second-order valence-electron chi connectivity index (χ2n) is 12.4. The first-order chi connectivity index (χ1) is 20.7. The van der Waals surface area contributed by atoms with Crippen LogP contribution >= 0.6 is 0 Å². The molecule has 2 aromatic carbocycles. The molecule has 0 atom stereocenters. The number of esters is 2. The molecule has 0 aliphatic carbocycles. The van der Waals surface area contributed by atoms with E-state index in [1.165, 1.54) is 0 Å². The molecule has 6 nitrogen and oxygen atoms in total. The molecule has 0 bridgehead atoms. The predicted molar refractivity (Wildman–Crippen MR) is 171 cm³/mol. The Bertz CT molecular complexity index is 1090. The van der Waals surface area contributed by atoms with E-state index in [0.29, 0.717) is 49.5 Å². The van der Waals surface area contributed by atoms with Gasteiger partial charge in [-0.05, 0) is 127 Å². The summed E-state index contributed by atoms with van der Waals surface area (Å²) >= 11 is 0. The van der Waals surface area contributed by atoms with E-state index in [-0.39, 0.29) is 24.8 Å². The van der Waals surface area contributed by atoms with E-state index in [0.717, 1.165) is 35.5 Å². The Morgan fingerprint density at radius 3 is 1.14 bits per heavy atom. The monoisotopic (exact) mass is 616 g/mol. The highest BCUT2D eigenvalue weighted by atomic mass is 19.1. The quantitative estimate of drug-likeness (QED) is 0.197. The Kier molecular flexibility index (Phi) is 17.1. The molecule has 0 saturated carbocycles. The van der Waals surface area contributed by atoms with Gasteiger partial charge in [-0.25, -0.2) is 8.78 Å². The number of halogens is 2. The number of benzene rings is 2. The van der Waals surface area contributed by atoms with E-state index in [2.05, 4.69) is 0 Å². The lowest BCUT2D eigenvalue weighted by Gasteiger charge is -2.19. The number of carbonyl (C=O) groups excluding carboxylic acids is 2. The summed E-state index contributed by atoms with van der Waals surface area (Å²) in [5.41, 5.74) is 2.47. The van der Waals surface area contributed by atoms with Gasteiger partial charge in [-0.1, -0.05) is 24.3 Å². The Balaban J connectivity index is 0.000000440. The lowest BCUT2D eigenvalue weighted by atomic mass is 10.0. The van der Waals surface area contributed by atoms with Crippen molar-refractivity contribution in [1.82, 2.24) is 0 Å². The van der Waals surface area contributed by atoms with Crippen molar-refractivity contribution in [3.8, 4) is 11.5 Å².